The van der Waals surface area contributed by atoms with E-state index >= 15 is 0 Å². The van der Waals surface area contributed by atoms with E-state index < -0.39 is 0 Å². The normalized spacial score (nSPS) is 17.8. The Balaban J connectivity index is 1.83. The van der Waals surface area contributed by atoms with Crippen LogP contribution < -0.4 is 15.4 Å². The molecule has 2 unspecified atom stereocenters. The molecule has 2 rings (SSSR count). The van der Waals surface area contributed by atoms with Crippen LogP contribution in [-0.4, -0.2) is 24.1 Å². The van der Waals surface area contributed by atoms with Crippen molar-refractivity contribution in [1.29, 1.82) is 0 Å². The molecule has 0 aromatic heterocycles. The van der Waals surface area contributed by atoms with Crippen LogP contribution in [0.2, 0.25) is 0 Å². The van der Waals surface area contributed by atoms with Gasteiger partial charge >= 0.3 is 0 Å². The number of amides is 1. The van der Waals surface area contributed by atoms with E-state index in [-0.39, 0.29) is 18.0 Å². The summed E-state index contributed by atoms with van der Waals surface area (Å²) in [5, 5.41) is 6.21. The molecule has 1 aliphatic carbocycles. The first kappa shape index (κ1) is 16.7. The van der Waals surface area contributed by atoms with Gasteiger partial charge in [0.25, 0.3) is 0 Å². The first-order chi connectivity index (χ1) is 10.6. The fourth-order valence-electron chi connectivity index (χ4n) is 2.61. The second-order valence-corrected chi connectivity index (χ2v) is 6.23. The van der Waals surface area contributed by atoms with Crippen molar-refractivity contribution in [2.24, 2.45) is 0 Å². The number of benzene rings is 1. The van der Waals surface area contributed by atoms with Crippen LogP contribution >= 0.6 is 0 Å². The summed E-state index contributed by atoms with van der Waals surface area (Å²) in [6.45, 7) is 5.95. The minimum absolute atomic E-state index is 0.0284. The Morgan fingerprint density at radius 1 is 1.23 bits per heavy atom. The van der Waals surface area contributed by atoms with Crippen LogP contribution in [-0.2, 0) is 4.79 Å². The number of carbonyl (C=O) groups excluding carboxylic acids is 1. The van der Waals surface area contributed by atoms with Gasteiger partial charge in [-0.25, -0.2) is 0 Å². The number of rotatable bonds is 7. The monoisotopic (exact) mass is 304 g/mol. The Kier molecular flexibility index (Phi) is 6.10. The quantitative estimate of drug-likeness (QED) is 0.807. The Bertz CT molecular complexity index is 466. The standard InChI is InChI=1S/C18H28N2O2/c1-4-13(2)19-18(21)14(3)20-15-9-11-17(12-10-15)22-16-7-5-6-8-16/h9-14,16,20H,4-8H2,1-3H3,(H,19,21). The molecule has 1 aromatic carbocycles. The molecule has 0 radical (unpaired) electrons. The third-order valence-electron chi connectivity index (χ3n) is 4.24. The maximum absolute atomic E-state index is 12.0. The molecule has 1 saturated carbocycles. The van der Waals surface area contributed by atoms with Gasteiger partial charge in [-0.2, -0.15) is 0 Å². The average molecular weight is 304 g/mol. The molecule has 22 heavy (non-hydrogen) atoms. The molecule has 4 heteroatoms. The Labute approximate surface area is 133 Å². The van der Waals surface area contributed by atoms with Gasteiger partial charge in [-0.1, -0.05) is 6.92 Å². The Morgan fingerprint density at radius 3 is 2.45 bits per heavy atom. The molecule has 122 valence electrons. The van der Waals surface area contributed by atoms with Crippen LogP contribution in [0, 0.1) is 0 Å². The van der Waals surface area contributed by atoms with Crippen molar-refractivity contribution in [3.8, 4) is 5.75 Å². The first-order valence-corrected chi connectivity index (χ1v) is 8.42. The van der Waals surface area contributed by atoms with Gasteiger partial charge in [0, 0.05) is 11.7 Å². The summed E-state index contributed by atoms with van der Waals surface area (Å²) in [7, 11) is 0. The van der Waals surface area contributed by atoms with E-state index in [1.807, 2.05) is 38.1 Å². The maximum Gasteiger partial charge on any atom is 0.242 e. The minimum Gasteiger partial charge on any atom is -0.490 e. The highest BCUT2D eigenvalue weighted by atomic mass is 16.5. The molecule has 4 nitrogen and oxygen atoms in total. The van der Waals surface area contributed by atoms with Gasteiger partial charge in [0.05, 0.1) is 6.10 Å². The topological polar surface area (TPSA) is 50.4 Å². The van der Waals surface area contributed by atoms with Crippen LogP contribution in [0.15, 0.2) is 24.3 Å². The van der Waals surface area contributed by atoms with Crippen LogP contribution in [0.25, 0.3) is 0 Å². The maximum atomic E-state index is 12.0. The fourth-order valence-corrected chi connectivity index (χ4v) is 2.61. The SMILES string of the molecule is CCC(C)NC(=O)C(C)Nc1ccc(OC2CCCC2)cc1. The Hall–Kier alpha value is -1.71. The summed E-state index contributed by atoms with van der Waals surface area (Å²) in [5.74, 6) is 0.940. The minimum atomic E-state index is -0.254. The molecule has 1 fully saturated rings. The highest BCUT2D eigenvalue weighted by Gasteiger charge is 2.17. The fraction of sp³-hybridized carbons (Fsp3) is 0.611. The lowest BCUT2D eigenvalue weighted by Crippen LogP contribution is -2.41. The first-order valence-electron chi connectivity index (χ1n) is 8.42. The molecule has 0 saturated heterocycles. The van der Waals surface area contributed by atoms with Crippen molar-refractivity contribution in [3.63, 3.8) is 0 Å². The molecule has 1 aliphatic rings. The zero-order chi connectivity index (χ0) is 15.9. The lowest BCUT2D eigenvalue weighted by Gasteiger charge is -2.19. The van der Waals surface area contributed by atoms with Gasteiger partial charge in [-0.3, -0.25) is 4.79 Å². The van der Waals surface area contributed by atoms with Gasteiger partial charge in [0.2, 0.25) is 5.91 Å². The van der Waals surface area contributed by atoms with Crippen LogP contribution in [0.3, 0.4) is 0 Å². The molecular formula is C18H28N2O2. The molecule has 1 aromatic rings. The van der Waals surface area contributed by atoms with Crippen molar-refractivity contribution >= 4 is 11.6 Å². The molecule has 0 spiro atoms. The second-order valence-electron chi connectivity index (χ2n) is 6.23. The van der Waals surface area contributed by atoms with Gasteiger partial charge in [0.15, 0.2) is 0 Å². The van der Waals surface area contributed by atoms with E-state index in [0.29, 0.717) is 6.10 Å². The van der Waals surface area contributed by atoms with Crippen LogP contribution in [0.4, 0.5) is 5.69 Å². The summed E-state index contributed by atoms with van der Waals surface area (Å²) in [5.41, 5.74) is 0.936. The zero-order valence-corrected chi connectivity index (χ0v) is 13.9. The smallest absolute Gasteiger partial charge is 0.242 e. The van der Waals surface area contributed by atoms with Crippen molar-refractivity contribution in [3.05, 3.63) is 24.3 Å². The molecule has 0 heterocycles. The van der Waals surface area contributed by atoms with Gasteiger partial charge in [0.1, 0.15) is 11.8 Å². The lowest BCUT2D eigenvalue weighted by atomic mass is 10.2. The lowest BCUT2D eigenvalue weighted by molar-refractivity contribution is -0.122. The number of hydrogen-bond acceptors (Lipinski definition) is 3. The van der Waals surface area contributed by atoms with Crippen molar-refractivity contribution in [2.45, 2.75) is 71.1 Å². The molecule has 2 N–H and O–H groups in total. The third-order valence-corrected chi connectivity index (χ3v) is 4.24. The van der Waals surface area contributed by atoms with E-state index in [4.69, 9.17) is 4.74 Å². The van der Waals surface area contributed by atoms with Crippen molar-refractivity contribution < 1.29 is 9.53 Å². The van der Waals surface area contributed by atoms with Crippen LogP contribution in [0.5, 0.6) is 5.75 Å². The van der Waals surface area contributed by atoms with E-state index in [1.54, 1.807) is 0 Å². The number of carbonyl (C=O) groups is 1. The van der Waals surface area contributed by atoms with Gasteiger partial charge in [-0.15, -0.1) is 0 Å². The number of hydrogen-bond donors (Lipinski definition) is 2. The second kappa shape index (κ2) is 8.06. The van der Waals surface area contributed by atoms with Crippen molar-refractivity contribution in [2.75, 3.05) is 5.32 Å². The summed E-state index contributed by atoms with van der Waals surface area (Å²) in [6, 6.07) is 7.84. The highest BCUT2D eigenvalue weighted by Crippen LogP contribution is 2.25. The van der Waals surface area contributed by atoms with E-state index in [9.17, 15) is 4.79 Å². The predicted octanol–water partition coefficient (Wildman–Crippen LogP) is 3.72. The van der Waals surface area contributed by atoms with Gasteiger partial charge in [-0.05, 0) is 70.2 Å². The molecular weight excluding hydrogens is 276 g/mol. The number of nitrogens with one attached hydrogen (secondary N) is 2. The third kappa shape index (κ3) is 4.93. The predicted molar refractivity (Wildman–Crippen MR) is 90.3 cm³/mol. The molecule has 0 aliphatic heterocycles. The number of ether oxygens (including phenoxy) is 1. The van der Waals surface area contributed by atoms with Gasteiger partial charge < -0.3 is 15.4 Å². The summed E-state index contributed by atoms with van der Waals surface area (Å²) in [4.78, 5) is 12.0. The molecule has 0 bridgehead atoms. The van der Waals surface area contributed by atoms with E-state index in [1.165, 1.54) is 12.8 Å². The number of anilines is 1. The molecule has 1 amide bonds. The van der Waals surface area contributed by atoms with Crippen LogP contribution in [0.1, 0.15) is 52.9 Å². The average Bonchev–Trinajstić information content (AvgIpc) is 3.02. The zero-order valence-electron chi connectivity index (χ0n) is 13.9. The summed E-state index contributed by atoms with van der Waals surface area (Å²) < 4.78 is 5.94. The van der Waals surface area contributed by atoms with E-state index in [2.05, 4.69) is 17.6 Å². The summed E-state index contributed by atoms with van der Waals surface area (Å²) >= 11 is 0. The Morgan fingerprint density at radius 2 is 1.86 bits per heavy atom. The van der Waals surface area contributed by atoms with Crippen molar-refractivity contribution in [1.82, 2.24) is 5.32 Å². The summed E-state index contributed by atoms with van der Waals surface area (Å²) in [6.07, 6.45) is 6.17. The van der Waals surface area contributed by atoms with E-state index in [0.717, 1.165) is 30.7 Å². The highest BCUT2D eigenvalue weighted by molar-refractivity contribution is 5.84. The molecule has 2 atom stereocenters. The largest absolute Gasteiger partial charge is 0.490 e.